The van der Waals surface area contributed by atoms with Gasteiger partial charge in [0, 0.05) is 11.7 Å². The summed E-state index contributed by atoms with van der Waals surface area (Å²) in [5.74, 6) is -0.243. The van der Waals surface area contributed by atoms with Crippen molar-refractivity contribution in [2.24, 2.45) is 0 Å². The van der Waals surface area contributed by atoms with Gasteiger partial charge in [0.2, 0.25) is 5.91 Å². The number of nitrogens with one attached hydrogen (secondary N) is 1. The number of halogens is 3. The van der Waals surface area contributed by atoms with Crippen molar-refractivity contribution in [3.8, 4) is 0 Å². The first-order valence-corrected chi connectivity index (χ1v) is 6.97. The molecule has 23 heavy (non-hydrogen) atoms. The molecular formula is C15H17F3N4O. The van der Waals surface area contributed by atoms with Crippen LogP contribution >= 0.6 is 0 Å². The number of nitrogens with zero attached hydrogens (tertiary/aromatic N) is 3. The molecule has 0 unspecified atom stereocenters. The molecule has 0 atom stereocenters. The second kappa shape index (κ2) is 6.39. The van der Waals surface area contributed by atoms with E-state index >= 15 is 0 Å². The molecule has 2 aromatic rings. The highest BCUT2D eigenvalue weighted by atomic mass is 19.4. The number of hydrogen-bond acceptors (Lipinski definition) is 3. The van der Waals surface area contributed by atoms with Gasteiger partial charge in [0.15, 0.2) is 0 Å². The van der Waals surface area contributed by atoms with E-state index in [9.17, 15) is 18.0 Å². The lowest BCUT2D eigenvalue weighted by Crippen LogP contribution is -2.46. The van der Waals surface area contributed by atoms with Crippen molar-refractivity contribution in [3.05, 3.63) is 47.8 Å². The summed E-state index contributed by atoms with van der Waals surface area (Å²) in [5.41, 5.74) is -0.574. The molecule has 0 aliphatic heterocycles. The van der Waals surface area contributed by atoms with Crippen LogP contribution in [0.15, 0.2) is 36.7 Å². The Hall–Kier alpha value is -2.38. The smallest absolute Gasteiger partial charge is 0.349 e. The Kier molecular flexibility index (Phi) is 4.72. The average Bonchev–Trinajstić information content (AvgIpc) is 2.89. The van der Waals surface area contributed by atoms with Gasteiger partial charge < -0.3 is 5.32 Å². The third kappa shape index (κ3) is 5.08. The van der Waals surface area contributed by atoms with Gasteiger partial charge in [-0.25, -0.2) is 4.68 Å². The molecular weight excluding hydrogens is 309 g/mol. The minimum Gasteiger partial charge on any atom is -0.349 e. The molecule has 1 aromatic carbocycles. The monoisotopic (exact) mass is 326 g/mol. The normalized spacial score (nSPS) is 12.2. The molecule has 0 saturated heterocycles. The van der Waals surface area contributed by atoms with Crippen LogP contribution in [-0.2, 0) is 23.9 Å². The Morgan fingerprint density at radius 1 is 1.22 bits per heavy atom. The highest BCUT2D eigenvalue weighted by molar-refractivity contribution is 5.76. The number of hydrogen-bond donors (Lipinski definition) is 1. The van der Waals surface area contributed by atoms with Crippen molar-refractivity contribution in [2.45, 2.75) is 38.5 Å². The van der Waals surface area contributed by atoms with Gasteiger partial charge in [-0.3, -0.25) is 4.79 Å². The van der Waals surface area contributed by atoms with E-state index in [1.165, 1.54) is 23.0 Å². The fourth-order valence-electron chi connectivity index (χ4n) is 2.25. The zero-order chi connectivity index (χ0) is 17.1. The van der Waals surface area contributed by atoms with Crippen molar-refractivity contribution < 1.29 is 18.0 Å². The molecule has 1 aromatic heterocycles. The van der Waals surface area contributed by atoms with Gasteiger partial charge >= 0.3 is 6.18 Å². The third-order valence-corrected chi connectivity index (χ3v) is 3.18. The van der Waals surface area contributed by atoms with Crippen molar-refractivity contribution in [3.63, 3.8) is 0 Å². The predicted molar refractivity (Wildman–Crippen MR) is 77.4 cm³/mol. The van der Waals surface area contributed by atoms with Crippen LogP contribution in [0.1, 0.15) is 25.0 Å². The van der Waals surface area contributed by atoms with Crippen LogP contribution in [0.4, 0.5) is 13.2 Å². The summed E-state index contributed by atoms with van der Waals surface area (Å²) in [6.45, 7) is 3.66. The van der Waals surface area contributed by atoms with Crippen molar-refractivity contribution >= 4 is 5.91 Å². The van der Waals surface area contributed by atoms with E-state index in [4.69, 9.17) is 0 Å². The quantitative estimate of drug-likeness (QED) is 0.918. The summed E-state index contributed by atoms with van der Waals surface area (Å²) >= 11 is 0. The highest BCUT2D eigenvalue weighted by Gasteiger charge is 2.30. The first kappa shape index (κ1) is 17.0. The van der Waals surface area contributed by atoms with Crippen LogP contribution in [0.3, 0.4) is 0 Å². The average molecular weight is 326 g/mol. The maximum absolute atomic E-state index is 12.5. The molecule has 0 radical (unpaired) electrons. The summed E-state index contributed by atoms with van der Waals surface area (Å²) in [4.78, 5) is 12.0. The molecule has 2 rings (SSSR count). The summed E-state index contributed by atoms with van der Waals surface area (Å²) in [7, 11) is 0. The van der Waals surface area contributed by atoms with Gasteiger partial charge in [-0.05, 0) is 38.0 Å². The first-order chi connectivity index (χ1) is 10.7. The van der Waals surface area contributed by atoms with Crippen LogP contribution in [0, 0.1) is 0 Å². The van der Waals surface area contributed by atoms with E-state index < -0.39 is 17.3 Å². The van der Waals surface area contributed by atoms with Crippen molar-refractivity contribution in [1.82, 2.24) is 20.3 Å². The topological polar surface area (TPSA) is 59.8 Å². The number of carbonyl (C=O) groups is 1. The molecule has 0 aliphatic carbocycles. The Balaban J connectivity index is 1.96. The largest absolute Gasteiger partial charge is 0.416 e. The Morgan fingerprint density at radius 2 is 1.87 bits per heavy atom. The molecule has 0 aliphatic rings. The number of rotatable bonds is 5. The fourth-order valence-corrected chi connectivity index (χ4v) is 2.25. The number of benzene rings is 1. The van der Waals surface area contributed by atoms with Gasteiger partial charge in [-0.15, -0.1) is 5.10 Å². The van der Waals surface area contributed by atoms with E-state index in [0.717, 1.165) is 12.1 Å². The molecule has 8 heteroatoms. The molecule has 0 saturated carbocycles. The van der Waals surface area contributed by atoms with Gasteiger partial charge in [0.1, 0.15) is 6.54 Å². The van der Waals surface area contributed by atoms with Crippen LogP contribution in [0.25, 0.3) is 0 Å². The molecule has 1 N–H and O–H groups in total. The van der Waals surface area contributed by atoms with Crippen molar-refractivity contribution in [2.75, 3.05) is 0 Å². The SMILES string of the molecule is CC(C)(Cc1ccc(C(F)(F)F)cc1)NC(=O)Cn1ccnn1. The van der Waals surface area contributed by atoms with Gasteiger partial charge in [0.05, 0.1) is 11.8 Å². The van der Waals surface area contributed by atoms with Crippen LogP contribution in [-0.4, -0.2) is 26.4 Å². The lowest BCUT2D eigenvalue weighted by Gasteiger charge is -2.26. The third-order valence-electron chi connectivity index (χ3n) is 3.18. The van der Waals surface area contributed by atoms with E-state index in [1.807, 2.05) is 13.8 Å². The second-order valence-corrected chi connectivity index (χ2v) is 5.90. The van der Waals surface area contributed by atoms with Crippen LogP contribution in [0.2, 0.25) is 0 Å². The zero-order valence-electron chi connectivity index (χ0n) is 12.8. The van der Waals surface area contributed by atoms with Crippen LogP contribution < -0.4 is 5.32 Å². The summed E-state index contributed by atoms with van der Waals surface area (Å²) < 4.78 is 39.0. The number of aromatic nitrogens is 3. The van der Waals surface area contributed by atoms with E-state index in [1.54, 1.807) is 6.20 Å². The standard InChI is InChI=1S/C15H17F3N4O/c1-14(2,20-13(23)10-22-8-7-19-21-22)9-11-3-5-12(6-4-11)15(16,17)18/h3-8H,9-10H2,1-2H3,(H,20,23). The lowest BCUT2D eigenvalue weighted by molar-refractivity contribution is -0.137. The Bertz CT molecular complexity index is 648. The fraction of sp³-hybridized carbons (Fsp3) is 0.400. The first-order valence-electron chi connectivity index (χ1n) is 6.97. The van der Waals surface area contributed by atoms with Crippen molar-refractivity contribution in [1.29, 1.82) is 0 Å². The van der Waals surface area contributed by atoms with E-state index in [2.05, 4.69) is 15.6 Å². The van der Waals surface area contributed by atoms with Gasteiger partial charge in [-0.1, -0.05) is 17.3 Å². The van der Waals surface area contributed by atoms with Gasteiger partial charge in [0.25, 0.3) is 0 Å². The molecule has 5 nitrogen and oxygen atoms in total. The minimum absolute atomic E-state index is 0.0381. The molecule has 0 spiro atoms. The van der Waals surface area contributed by atoms with E-state index in [-0.39, 0.29) is 12.5 Å². The number of alkyl halides is 3. The Labute approximate surface area is 131 Å². The molecule has 124 valence electrons. The second-order valence-electron chi connectivity index (χ2n) is 5.90. The molecule has 1 amide bonds. The summed E-state index contributed by atoms with van der Waals surface area (Å²) in [6.07, 6.45) is -0.892. The van der Waals surface area contributed by atoms with Gasteiger partial charge in [-0.2, -0.15) is 13.2 Å². The Morgan fingerprint density at radius 3 is 2.39 bits per heavy atom. The zero-order valence-corrected chi connectivity index (χ0v) is 12.8. The number of amides is 1. The highest BCUT2D eigenvalue weighted by Crippen LogP contribution is 2.29. The van der Waals surface area contributed by atoms with Crippen LogP contribution in [0.5, 0.6) is 0 Å². The number of carbonyl (C=O) groups excluding carboxylic acids is 1. The molecule has 1 heterocycles. The minimum atomic E-state index is -4.35. The maximum Gasteiger partial charge on any atom is 0.416 e. The molecule has 0 bridgehead atoms. The summed E-state index contributed by atoms with van der Waals surface area (Å²) in [6, 6.07) is 4.94. The maximum atomic E-state index is 12.5. The summed E-state index contributed by atoms with van der Waals surface area (Å²) in [5, 5.41) is 10.1. The van der Waals surface area contributed by atoms with E-state index in [0.29, 0.717) is 12.0 Å². The predicted octanol–water partition coefficient (Wildman–Crippen LogP) is 2.43. The molecule has 0 fully saturated rings. The lowest BCUT2D eigenvalue weighted by atomic mass is 9.94.